The molecule has 0 saturated carbocycles. The molecule has 1 N–H and O–H groups in total. The number of nitrogens with zero attached hydrogens (tertiary/aromatic N) is 1. The second-order valence-corrected chi connectivity index (χ2v) is 9.38. The highest BCUT2D eigenvalue weighted by Crippen LogP contribution is 2.31. The van der Waals surface area contributed by atoms with Crippen molar-refractivity contribution in [2.45, 2.75) is 76.9 Å². The molecule has 1 aromatic carbocycles. The number of amides is 1. The fourth-order valence-corrected chi connectivity index (χ4v) is 5.19. The zero-order valence-corrected chi connectivity index (χ0v) is 19.3. The Balaban J connectivity index is 1.55. The molecule has 1 saturated heterocycles. The number of benzene rings is 1. The van der Waals surface area contributed by atoms with Crippen LogP contribution in [0.5, 0.6) is 0 Å². The molecule has 2 aromatic rings. The molecule has 0 radical (unpaired) electrons. The largest absolute Gasteiger partial charge is 0.465 e. The SMILES string of the molecule is CCCCC[C@H](O)c1ccc(N2C(=O)CCC2CCCc2ccc(C(=O)OC)s2)cc1. The Labute approximate surface area is 189 Å². The van der Waals surface area contributed by atoms with Crippen molar-refractivity contribution in [1.29, 1.82) is 0 Å². The van der Waals surface area contributed by atoms with Gasteiger partial charge in [-0.2, -0.15) is 0 Å². The normalized spacial score (nSPS) is 17.2. The van der Waals surface area contributed by atoms with E-state index in [2.05, 4.69) is 6.92 Å². The molecule has 6 heteroatoms. The van der Waals surface area contributed by atoms with Gasteiger partial charge in [0, 0.05) is 23.0 Å². The van der Waals surface area contributed by atoms with Gasteiger partial charge in [0.2, 0.25) is 5.91 Å². The van der Waals surface area contributed by atoms with E-state index in [1.54, 1.807) is 0 Å². The second-order valence-electron chi connectivity index (χ2n) is 8.21. The van der Waals surface area contributed by atoms with Gasteiger partial charge >= 0.3 is 5.97 Å². The highest BCUT2D eigenvalue weighted by atomic mass is 32.1. The standard InChI is InChI=1S/C25H33NO4S/c1-3-4-5-9-22(27)18-10-12-20(13-11-18)26-19(14-17-24(26)28)7-6-8-21-15-16-23(31-21)25(29)30-2/h10-13,15-16,19,22,27H,3-9,14,17H2,1-2H3/t19?,22-/m0/s1. The van der Waals surface area contributed by atoms with Crippen molar-refractivity contribution >= 4 is 28.9 Å². The molecule has 1 aromatic heterocycles. The lowest BCUT2D eigenvalue weighted by Crippen LogP contribution is -2.32. The van der Waals surface area contributed by atoms with Crippen LogP contribution in [-0.4, -0.2) is 30.1 Å². The number of esters is 1. The molecule has 1 aliphatic rings. The average molecular weight is 444 g/mol. The Hall–Kier alpha value is -2.18. The Morgan fingerprint density at radius 1 is 1.19 bits per heavy atom. The number of ether oxygens (including phenoxy) is 1. The van der Waals surface area contributed by atoms with Gasteiger partial charge in [-0.05, 0) is 61.9 Å². The topological polar surface area (TPSA) is 66.8 Å². The number of aliphatic hydroxyl groups excluding tert-OH is 1. The first kappa shape index (κ1) is 23.5. The van der Waals surface area contributed by atoms with Crippen LogP contribution in [0.15, 0.2) is 36.4 Å². The van der Waals surface area contributed by atoms with E-state index in [9.17, 15) is 14.7 Å². The summed E-state index contributed by atoms with van der Waals surface area (Å²) in [6.07, 6.45) is 7.88. The lowest BCUT2D eigenvalue weighted by atomic mass is 10.0. The summed E-state index contributed by atoms with van der Waals surface area (Å²) in [5.74, 6) is -0.118. The number of hydrogen-bond acceptors (Lipinski definition) is 5. The Kier molecular flexibility index (Phi) is 8.67. The summed E-state index contributed by atoms with van der Waals surface area (Å²) in [5, 5.41) is 10.4. The van der Waals surface area contributed by atoms with Crippen molar-refractivity contribution in [3.63, 3.8) is 0 Å². The van der Waals surface area contributed by atoms with E-state index in [1.807, 2.05) is 41.3 Å². The molecule has 0 aliphatic carbocycles. The van der Waals surface area contributed by atoms with Gasteiger partial charge in [-0.3, -0.25) is 4.79 Å². The van der Waals surface area contributed by atoms with E-state index in [1.165, 1.54) is 18.4 Å². The van der Waals surface area contributed by atoms with Gasteiger partial charge in [0.05, 0.1) is 13.2 Å². The first-order valence-electron chi connectivity index (χ1n) is 11.3. The Morgan fingerprint density at radius 3 is 2.68 bits per heavy atom. The molecule has 0 spiro atoms. The van der Waals surface area contributed by atoms with Crippen molar-refractivity contribution < 1.29 is 19.4 Å². The third-order valence-electron chi connectivity index (χ3n) is 5.97. The van der Waals surface area contributed by atoms with Gasteiger partial charge in [0.1, 0.15) is 4.88 Å². The molecule has 1 aliphatic heterocycles. The van der Waals surface area contributed by atoms with E-state index in [4.69, 9.17) is 4.74 Å². The average Bonchev–Trinajstić information content (AvgIpc) is 3.40. The van der Waals surface area contributed by atoms with Gasteiger partial charge < -0.3 is 14.7 Å². The van der Waals surface area contributed by atoms with E-state index >= 15 is 0 Å². The number of aryl methyl sites for hydroxylation is 1. The summed E-state index contributed by atoms with van der Waals surface area (Å²) in [4.78, 5) is 27.9. The summed E-state index contributed by atoms with van der Waals surface area (Å²) in [6.45, 7) is 2.16. The minimum absolute atomic E-state index is 0.172. The van der Waals surface area contributed by atoms with Crippen LogP contribution in [0.25, 0.3) is 0 Å². The van der Waals surface area contributed by atoms with Crippen LogP contribution in [-0.2, 0) is 16.0 Å². The Bertz CT molecular complexity index is 861. The Morgan fingerprint density at radius 2 is 1.97 bits per heavy atom. The summed E-state index contributed by atoms with van der Waals surface area (Å²) in [5.41, 5.74) is 1.84. The van der Waals surface area contributed by atoms with Crippen LogP contribution >= 0.6 is 11.3 Å². The summed E-state index contributed by atoms with van der Waals surface area (Å²) < 4.78 is 4.77. The molecule has 1 fully saturated rings. The fraction of sp³-hybridized carbons (Fsp3) is 0.520. The molecule has 0 bridgehead atoms. The van der Waals surface area contributed by atoms with Gasteiger partial charge in [-0.25, -0.2) is 4.79 Å². The number of carbonyl (C=O) groups excluding carboxylic acids is 2. The molecule has 2 atom stereocenters. The highest BCUT2D eigenvalue weighted by Gasteiger charge is 2.31. The molecule has 168 valence electrons. The number of anilines is 1. The first-order valence-corrected chi connectivity index (χ1v) is 12.1. The summed E-state index contributed by atoms with van der Waals surface area (Å²) in [7, 11) is 1.40. The van der Waals surface area contributed by atoms with Crippen molar-refractivity contribution in [2.24, 2.45) is 0 Å². The molecular formula is C25H33NO4S. The van der Waals surface area contributed by atoms with E-state index in [0.29, 0.717) is 11.3 Å². The summed E-state index contributed by atoms with van der Waals surface area (Å²) in [6, 6.07) is 11.8. The number of carbonyl (C=O) groups is 2. The third-order valence-corrected chi connectivity index (χ3v) is 7.10. The van der Waals surface area contributed by atoms with E-state index in [0.717, 1.165) is 67.5 Å². The molecule has 5 nitrogen and oxygen atoms in total. The monoisotopic (exact) mass is 443 g/mol. The lowest BCUT2D eigenvalue weighted by molar-refractivity contribution is -0.117. The van der Waals surface area contributed by atoms with Crippen LogP contribution in [0.1, 0.15) is 84.5 Å². The van der Waals surface area contributed by atoms with Crippen LogP contribution in [0.2, 0.25) is 0 Å². The molecular weight excluding hydrogens is 410 g/mol. The predicted molar refractivity (Wildman–Crippen MR) is 125 cm³/mol. The maximum atomic E-state index is 12.6. The number of methoxy groups -OCH3 is 1. The van der Waals surface area contributed by atoms with Gasteiger partial charge in [0.15, 0.2) is 0 Å². The summed E-state index contributed by atoms with van der Waals surface area (Å²) >= 11 is 1.48. The molecule has 1 amide bonds. The van der Waals surface area contributed by atoms with Crippen molar-refractivity contribution in [3.8, 4) is 0 Å². The molecule has 2 heterocycles. The van der Waals surface area contributed by atoms with E-state index in [-0.39, 0.29) is 17.9 Å². The number of thiophene rings is 1. The van der Waals surface area contributed by atoms with Gasteiger partial charge in [-0.1, -0.05) is 38.3 Å². The van der Waals surface area contributed by atoms with Crippen LogP contribution in [0.4, 0.5) is 5.69 Å². The minimum atomic E-state index is -0.439. The van der Waals surface area contributed by atoms with Gasteiger partial charge in [-0.15, -0.1) is 11.3 Å². The van der Waals surface area contributed by atoms with Gasteiger partial charge in [0.25, 0.3) is 0 Å². The van der Waals surface area contributed by atoms with Crippen LogP contribution in [0.3, 0.4) is 0 Å². The quantitative estimate of drug-likeness (QED) is 0.359. The molecule has 31 heavy (non-hydrogen) atoms. The fourth-order valence-electron chi connectivity index (χ4n) is 4.22. The van der Waals surface area contributed by atoms with Crippen LogP contribution < -0.4 is 4.90 Å². The maximum Gasteiger partial charge on any atom is 0.348 e. The number of rotatable bonds is 11. The zero-order valence-electron chi connectivity index (χ0n) is 18.5. The predicted octanol–water partition coefficient (Wildman–Crippen LogP) is 5.67. The maximum absolute atomic E-state index is 12.6. The smallest absolute Gasteiger partial charge is 0.348 e. The van der Waals surface area contributed by atoms with Crippen molar-refractivity contribution in [1.82, 2.24) is 0 Å². The van der Waals surface area contributed by atoms with Crippen molar-refractivity contribution in [3.05, 3.63) is 51.7 Å². The lowest BCUT2D eigenvalue weighted by Gasteiger charge is -2.25. The first-order chi connectivity index (χ1) is 15.0. The second kappa shape index (κ2) is 11.4. The van der Waals surface area contributed by atoms with E-state index < -0.39 is 6.10 Å². The van der Waals surface area contributed by atoms with Crippen molar-refractivity contribution in [2.75, 3.05) is 12.0 Å². The zero-order chi connectivity index (χ0) is 22.2. The molecule has 3 rings (SSSR count). The molecule has 1 unspecified atom stereocenters. The highest BCUT2D eigenvalue weighted by molar-refractivity contribution is 7.13. The minimum Gasteiger partial charge on any atom is -0.465 e. The third kappa shape index (κ3) is 6.17. The number of unbranched alkanes of at least 4 members (excludes halogenated alkanes) is 2. The number of aliphatic hydroxyl groups is 1. The number of hydrogen-bond donors (Lipinski definition) is 1. The van der Waals surface area contributed by atoms with Crippen LogP contribution in [0, 0.1) is 0 Å².